The van der Waals surface area contributed by atoms with E-state index in [9.17, 15) is 9.59 Å². The maximum atomic E-state index is 11.6. The van der Waals surface area contributed by atoms with Gasteiger partial charge in [-0.15, -0.1) is 0 Å². The first-order valence-electron chi connectivity index (χ1n) is 5.60. The van der Waals surface area contributed by atoms with E-state index < -0.39 is 11.9 Å². The van der Waals surface area contributed by atoms with Crippen LogP contribution >= 0.6 is 0 Å². The number of ether oxygens (including phenoxy) is 1. The molecule has 1 aromatic heterocycles. The predicted molar refractivity (Wildman–Crippen MR) is 63.2 cm³/mol. The van der Waals surface area contributed by atoms with Gasteiger partial charge in [-0.1, -0.05) is 5.11 Å². The molecule has 1 aliphatic heterocycles. The zero-order valence-electron chi connectivity index (χ0n) is 9.87. The number of nitrogens with zero attached hydrogens (tertiary/aromatic N) is 4. The topological polar surface area (TPSA) is 113 Å². The van der Waals surface area contributed by atoms with Gasteiger partial charge in [0.1, 0.15) is 6.23 Å². The number of nitrogens with one attached hydrogen (secondary N) is 1. The second kappa shape index (κ2) is 5.07. The van der Waals surface area contributed by atoms with Crippen molar-refractivity contribution in [3.05, 3.63) is 43.0 Å². The van der Waals surface area contributed by atoms with Crippen molar-refractivity contribution in [3.8, 4) is 0 Å². The highest BCUT2D eigenvalue weighted by Crippen LogP contribution is 2.27. The van der Waals surface area contributed by atoms with Crippen molar-refractivity contribution in [2.45, 2.75) is 32.1 Å². The number of hydrogen-bond donors (Lipinski definition) is 1. The molecule has 1 aliphatic rings. The van der Waals surface area contributed by atoms with Gasteiger partial charge >= 0.3 is 5.69 Å². The molecule has 1 saturated heterocycles. The van der Waals surface area contributed by atoms with E-state index in [1.54, 1.807) is 6.92 Å². The van der Waals surface area contributed by atoms with Crippen molar-refractivity contribution in [2.75, 3.05) is 6.54 Å². The number of azide groups is 1. The third-order valence-electron chi connectivity index (χ3n) is 2.89. The van der Waals surface area contributed by atoms with Gasteiger partial charge in [-0.05, 0) is 25.3 Å². The lowest BCUT2D eigenvalue weighted by atomic mass is 10.2. The summed E-state index contributed by atoms with van der Waals surface area (Å²) in [5.74, 6) is 0. The van der Waals surface area contributed by atoms with E-state index in [0.29, 0.717) is 18.4 Å². The molecule has 0 aliphatic carbocycles. The lowest BCUT2D eigenvalue weighted by Crippen LogP contribution is -2.33. The second-order valence-corrected chi connectivity index (χ2v) is 4.18. The zero-order valence-corrected chi connectivity index (χ0v) is 9.87. The van der Waals surface area contributed by atoms with Crippen LogP contribution in [0.1, 0.15) is 24.6 Å². The summed E-state index contributed by atoms with van der Waals surface area (Å²) in [6.07, 6.45) is 2.27. The van der Waals surface area contributed by atoms with Crippen LogP contribution in [0.3, 0.4) is 0 Å². The van der Waals surface area contributed by atoms with Crippen LogP contribution in [0.5, 0.6) is 0 Å². The Labute approximate surface area is 102 Å². The number of hydrogen-bond acceptors (Lipinski definition) is 4. The van der Waals surface area contributed by atoms with Crippen LogP contribution in [0, 0.1) is 6.92 Å². The Kier molecular flexibility index (Phi) is 3.50. The molecule has 0 spiro atoms. The second-order valence-electron chi connectivity index (χ2n) is 4.18. The van der Waals surface area contributed by atoms with Crippen LogP contribution in [0.15, 0.2) is 20.9 Å². The van der Waals surface area contributed by atoms with Crippen LogP contribution in [0.25, 0.3) is 10.4 Å². The van der Waals surface area contributed by atoms with Gasteiger partial charge in [0.05, 0.1) is 12.6 Å². The Morgan fingerprint density at radius 1 is 1.61 bits per heavy atom. The molecule has 1 fully saturated rings. The Balaban J connectivity index is 2.19. The third-order valence-corrected chi connectivity index (χ3v) is 2.89. The average Bonchev–Trinajstić information content (AvgIpc) is 2.79. The summed E-state index contributed by atoms with van der Waals surface area (Å²) >= 11 is 0. The summed E-state index contributed by atoms with van der Waals surface area (Å²) in [7, 11) is 0. The van der Waals surface area contributed by atoms with Crippen LogP contribution in [-0.4, -0.2) is 22.2 Å². The predicted octanol–water partition coefficient (Wildman–Crippen LogP) is 0.833. The largest absolute Gasteiger partial charge is 0.355 e. The Bertz CT molecular complexity index is 598. The van der Waals surface area contributed by atoms with Crippen LogP contribution in [0.4, 0.5) is 0 Å². The minimum atomic E-state index is -0.486. The molecule has 0 saturated carbocycles. The molecule has 8 nitrogen and oxygen atoms in total. The average molecular weight is 251 g/mol. The van der Waals surface area contributed by atoms with Gasteiger partial charge in [-0.3, -0.25) is 14.3 Å². The van der Waals surface area contributed by atoms with Crippen molar-refractivity contribution < 1.29 is 4.74 Å². The Hall–Kier alpha value is -2.05. The van der Waals surface area contributed by atoms with Crippen molar-refractivity contribution in [1.29, 1.82) is 0 Å². The molecule has 18 heavy (non-hydrogen) atoms. The standard InChI is InChI=1S/C10H13N5O3/c1-6-5-15(10(17)13-9(6)16)8-3-2-7(18-8)4-12-14-11/h5,7-8H,2-4H2,1H3,(H,13,16,17)/t7-,8+/m0/s1. The van der Waals surface area contributed by atoms with E-state index in [4.69, 9.17) is 10.3 Å². The van der Waals surface area contributed by atoms with Crippen LogP contribution in [0.2, 0.25) is 0 Å². The number of rotatable bonds is 3. The lowest BCUT2D eigenvalue weighted by Gasteiger charge is -2.15. The van der Waals surface area contributed by atoms with Gasteiger partial charge in [-0.25, -0.2) is 4.79 Å². The molecule has 0 radical (unpaired) electrons. The van der Waals surface area contributed by atoms with Crippen molar-refractivity contribution in [1.82, 2.24) is 9.55 Å². The van der Waals surface area contributed by atoms with Gasteiger partial charge in [-0.2, -0.15) is 0 Å². The molecule has 0 unspecified atom stereocenters. The first-order chi connectivity index (χ1) is 8.61. The fourth-order valence-corrected chi connectivity index (χ4v) is 1.95. The SMILES string of the molecule is Cc1cn([C@H]2CC[C@@H](CN=[N+]=[N-])O2)c(=O)[nH]c1=O. The van der Waals surface area contributed by atoms with Crippen LogP contribution < -0.4 is 11.2 Å². The fraction of sp³-hybridized carbons (Fsp3) is 0.600. The number of aromatic nitrogens is 2. The molecule has 0 amide bonds. The zero-order chi connectivity index (χ0) is 13.1. The molecule has 2 heterocycles. The molecule has 96 valence electrons. The summed E-state index contributed by atoms with van der Waals surface area (Å²) in [5.41, 5.74) is 7.81. The van der Waals surface area contributed by atoms with Gasteiger partial charge < -0.3 is 4.74 Å². The lowest BCUT2D eigenvalue weighted by molar-refractivity contribution is 0.00354. The van der Waals surface area contributed by atoms with Gasteiger partial charge in [0.25, 0.3) is 5.56 Å². The summed E-state index contributed by atoms with van der Waals surface area (Å²) in [6, 6.07) is 0. The highest BCUT2D eigenvalue weighted by atomic mass is 16.5. The Morgan fingerprint density at radius 3 is 3.11 bits per heavy atom. The normalized spacial score (nSPS) is 22.7. The quantitative estimate of drug-likeness (QED) is 0.487. The minimum Gasteiger partial charge on any atom is -0.355 e. The molecule has 1 N–H and O–H groups in total. The smallest absolute Gasteiger partial charge is 0.330 e. The van der Waals surface area contributed by atoms with Gasteiger partial charge in [0.2, 0.25) is 0 Å². The first-order valence-corrected chi connectivity index (χ1v) is 5.60. The molecule has 1 aromatic rings. The van der Waals surface area contributed by atoms with Crippen molar-refractivity contribution in [3.63, 3.8) is 0 Å². The highest BCUT2D eigenvalue weighted by Gasteiger charge is 2.26. The molecule has 2 atom stereocenters. The Morgan fingerprint density at radius 2 is 2.39 bits per heavy atom. The van der Waals surface area contributed by atoms with Crippen molar-refractivity contribution in [2.24, 2.45) is 5.11 Å². The molecular weight excluding hydrogens is 238 g/mol. The summed E-state index contributed by atoms with van der Waals surface area (Å²) in [4.78, 5) is 27.8. The molecule has 2 rings (SSSR count). The van der Waals surface area contributed by atoms with E-state index in [-0.39, 0.29) is 18.2 Å². The first kappa shape index (κ1) is 12.4. The highest BCUT2D eigenvalue weighted by molar-refractivity contribution is 5.01. The van der Waals surface area contributed by atoms with Gasteiger partial charge in [0, 0.05) is 16.7 Å². The fourth-order valence-electron chi connectivity index (χ4n) is 1.95. The molecular formula is C10H13N5O3. The number of aryl methyl sites for hydroxylation is 1. The van der Waals surface area contributed by atoms with E-state index in [1.165, 1.54) is 10.8 Å². The van der Waals surface area contributed by atoms with E-state index in [2.05, 4.69) is 15.0 Å². The molecule has 8 heteroatoms. The van der Waals surface area contributed by atoms with E-state index in [0.717, 1.165) is 0 Å². The monoisotopic (exact) mass is 251 g/mol. The molecule has 0 bridgehead atoms. The number of H-pyrrole nitrogens is 1. The summed E-state index contributed by atoms with van der Waals surface area (Å²) in [6.45, 7) is 1.88. The molecule has 0 aromatic carbocycles. The number of aromatic amines is 1. The third kappa shape index (κ3) is 2.44. The van der Waals surface area contributed by atoms with E-state index >= 15 is 0 Å². The minimum absolute atomic E-state index is 0.176. The maximum absolute atomic E-state index is 11.6. The summed E-state index contributed by atoms with van der Waals surface area (Å²) in [5, 5.41) is 3.45. The van der Waals surface area contributed by atoms with Crippen molar-refractivity contribution >= 4 is 0 Å². The van der Waals surface area contributed by atoms with Crippen LogP contribution in [-0.2, 0) is 4.74 Å². The summed E-state index contributed by atoms with van der Waals surface area (Å²) < 4.78 is 6.97. The van der Waals surface area contributed by atoms with Gasteiger partial charge in [0.15, 0.2) is 0 Å². The maximum Gasteiger partial charge on any atom is 0.330 e. The van der Waals surface area contributed by atoms with E-state index in [1.807, 2.05) is 0 Å².